The summed E-state index contributed by atoms with van der Waals surface area (Å²) in [5, 5.41) is 3.27. The number of rotatable bonds is 3. The summed E-state index contributed by atoms with van der Waals surface area (Å²) in [6, 6.07) is 3.93. The highest BCUT2D eigenvalue weighted by Gasteiger charge is 2.23. The molecule has 0 spiro atoms. The van der Waals surface area contributed by atoms with E-state index >= 15 is 0 Å². The molecule has 1 atom stereocenters. The Labute approximate surface area is 125 Å². The van der Waals surface area contributed by atoms with Crippen molar-refractivity contribution in [2.45, 2.75) is 19.4 Å². The summed E-state index contributed by atoms with van der Waals surface area (Å²) in [6.45, 7) is 5.72. The van der Waals surface area contributed by atoms with Gasteiger partial charge >= 0.3 is 0 Å². The van der Waals surface area contributed by atoms with Gasteiger partial charge in [0.05, 0.1) is 0 Å². The molecule has 1 N–H and O–H groups in total. The monoisotopic (exact) mass is 312 g/mol. The molecule has 0 aliphatic carbocycles. The molecular formula is C13H20Cl2F2N2. The lowest BCUT2D eigenvalue weighted by molar-refractivity contribution is 0.166. The first-order chi connectivity index (χ1) is 8.22. The Morgan fingerprint density at radius 2 is 1.84 bits per heavy atom. The van der Waals surface area contributed by atoms with Crippen molar-refractivity contribution in [1.29, 1.82) is 0 Å². The van der Waals surface area contributed by atoms with Gasteiger partial charge in [0.2, 0.25) is 0 Å². The third-order valence-electron chi connectivity index (χ3n) is 3.30. The highest BCUT2D eigenvalue weighted by molar-refractivity contribution is 5.85. The van der Waals surface area contributed by atoms with Crippen molar-refractivity contribution in [2.24, 2.45) is 0 Å². The summed E-state index contributed by atoms with van der Waals surface area (Å²) in [7, 11) is 0. The summed E-state index contributed by atoms with van der Waals surface area (Å²) in [6.07, 6.45) is 0.836. The van der Waals surface area contributed by atoms with Gasteiger partial charge in [0.1, 0.15) is 11.6 Å². The van der Waals surface area contributed by atoms with Crippen LogP contribution < -0.4 is 5.32 Å². The lowest BCUT2D eigenvalue weighted by Crippen LogP contribution is -2.45. The van der Waals surface area contributed by atoms with E-state index in [4.69, 9.17) is 0 Å². The van der Waals surface area contributed by atoms with Gasteiger partial charge in [-0.1, -0.05) is 13.0 Å². The Hall–Kier alpha value is -0.420. The molecule has 19 heavy (non-hydrogen) atoms. The molecule has 1 aromatic rings. The largest absolute Gasteiger partial charge is 0.314 e. The van der Waals surface area contributed by atoms with Crippen molar-refractivity contribution >= 4 is 24.8 Å². The number of hydrogen-bond acceptors (Lipinski definition) is 2. The lowest BCUT2D eigenvalue weighted by atomic mass is 10.0. The van der Waals surface area contributed by atoms with Gasteiger partial charge in [0.15, 0.2) is 0 Å². The highest BCUT2D eigenvalue weighted by Crippen LogP contribution is 2.27. The zero-order valence-corrected chi connectivity index (χ0v) is 12.5. The van der Waals surface area contributed by atoms with E-state index in [1.54, 1.807) is 6.07 Å². The topological polar surface area (TPSA) is 15.3 Å². The van der Waals surface area contributed by atoms with Crippen molar-refractivity contribution in [2.75, 3.05) is 26.2 Å². The Bertz CT molecular complexity index is 385. The van der Waals surface area contributed by atoms with Gasteiger partial charge in [-0.3, -0.25) is 4.90 Å². The quantitative estimate of drug-likeness (QED) is 0.922. The molecule has 1 heterocycles. The number of benzene rings is 1. The van der Waals surface area contributed by atoms with Crippen LogP contribution in [0.5, 0.6) is 0 Å². The summed E-state index contributed by atoms with van der Waals surface area (Å²) in [4.78, 5) is 2.26. The van der Waals surface area contributed by atoms with Gasteiger partial charge in [0.25, 0.3) is 0 Å². The molecule has 110 valence electrons. The molecule has 0 bridgehead atoms. The fourth-order valence-electron chi connectivity index (χ4n) is 2.44. The van der Waals surface area contributed by atoms with Crippen LogP contribution in [0, 0.1) is 11.6 Å². The molecule has 2 rings (SSSR count). The van der Waals surface area contributed by atoms with Gasteiger partial charge in [-0.05, 0) is 12.5 Å². The minimum absolute atomic E-state index is 0. The third kappa shape index (κ3) is 4.56. The van der Waals surface area contributed by atoms with Gasteiger partial charge in [-0.15, -0.1) is 24.8 Å². The van der Waals surface area contributed by atoms with Crippen molar-refractivity contribution in [3.8, 4) is 0 Å². The molecular weight excluding hydrogens is 293 g/mol. The Kier molecular flexibility index (Phi) is 8.50. The SMILES string of the molecule is CC[C@H](c1ccc(F)cc1F)N1CCNCC1.Cl.Cl. The molecule has 1 fully saturated rings. The Morgan fingerprint density at radius 1 is 1.21 bits per heavy atom. The lowest BCUT2D eigenvalue weighted by Gasteiger charge is -2.34. The Balaban J connectivity index is 0.00000162. The van der Waals surface area contributed by atoms with Crippen LogP contribution in [0.2, 0.25) is 0 Å². The van der Waals surface area contributed by atoms with Crippen LogP contribution in [0.1, 0.15) is 24.9 Å². The van der Waals surface area contributed by atoms with Crippen LogP contribution in [0.15, 0.2) is 18.2 Å². The van der Waals surface area contributed by atoms with E-state index < -0.39 is 11.6 Å². The van der Waals surface area contributed by atoms with Gasteiger partial charge in [0, 0.05) is 43.9 Å². The summed E-state index contributed by atoms with van der Waals surface area (Å²) >= 11 is 0. The maximum Gasteiger partial charge on any atom is 0.130 e. The number of hydrogen-bond donors (Lipinski definition) is 1. The summed E-state index contributed by atoms with van der Waals surface area (Å²) in [5.74, 6) is -0.947. The van der Waals surface area contributed by atoms with Crippen LogP contribution in [-0.2, 0) is 0 Å². The van der Waals surface area contributed by atoms with Crippen LogP contribution in [-0.4, -0.2) is 31.1 Å². The minimum atomic E-state index is -0.513. The average molecular weight is 313 g/mol. The van der Waals surface area contributed by atoms with Gasteiger partial charge in [-0.25, -0.2) is 8.78 Å². The number of nitrogens with one attached hydrogen (secondary N) is 1. The first-order valence-electron chi connectivity index (χ1n) is 6.12. The molecule has 0 aromatic heterocycles. The van der Waals surface area contributed by atoms with E-state index in [0.717, 1.165) is 38.7 Å². The second-order valence-corrected chi connectivity index (χ2v) is 4.38. The van der Waals surface area contributed by atoms with E-state index in [-0.39, 0.29) is 30.9 Å². The standard InChI is InChI=1S/C13H18F2N2.2ClH/c1-2-13(17-7-5-16-6-8-17)11-4-3-10(14)9-12(11)15;;/h3-4,9,13,16H,2,5-8H2,1H3;2*1H/t13-;;/m1../s1. The zero-order chi connectivity index (χ0) is 12.3. The van der Waals surface area contributed by atoms with Crippen LogP contribution in [0.25, 0.3) is 0 Å². The predicted octanol–water partition coefficient (Wildman–Crippen LogP) is 3.16. The first-order valence-corrected chi connectivity index (χ1v) is 6.12. The maximum atomic E-state index is 13.8. The molecule has 0 unspecified atom stereocenters. The highest BCUT2D eigenvalue weighted by atomic mass is 35.5. The normalized spacial score (nSPS) is 17.2. The molecule has 6 heteroatoms. The van der Waals surface area contributed by atoms with E-state index in [9.17, 15) is 8.78 Å². The molecule has 0 saturated carbocycles. The smallest absolute Gasteiger partial charge is 0.130 e. The maximum absolute atomic E-state index is 13.8. The summed E-state index contributed by atoms with van der Waals surface area (Å²) < 4.78 is 26.7. The second kappa shape index (κ2) is 8.69. The molecule has 2 nitrogen and oxygen atoms in total. The van der Waals surface area contributed by atoms with Crippen LogP contribution in [0.4, 0.5) is 8.78 Å². The predicted molar refractivity (Wildman–Crippen MR) is 78.3 cm³/mol. The Morgan fingerprint density at radius 3 is 2.37 bits per heavy atom. The zero-order valence-electron chi connectivity index (χ0n) is 10.9. The van der Waals surface area contributed by atoms with Crippen molar-refractivity contribution in [3.63, 3.8) is 0 Å². The fraction of sp³-hybridized carbons (Fsp3) is 0.538. The molecule has 1 aromatic carbocycles. The van der Waals surface area contributed by atoms with E-state index in [1.165, 1.54) is 6.07 Å². The van der Waals surface area contributed by atoms with Crippen molar-refractivity contribution < 1.29 is 8.78 Å². The van der Waals surface area contributed by atoms with Crippen LogP contribution in [0.3, 0.4) is 0 Å². The fourth-order valence-corrected chi connectivity index (χ4v) is 2.44. The molecule has 0 amide bonds. The average Bonchev–Trinajstić information content (AvgIpc) is 2.34. The first kappa shape index (κ1) is 18.6. The number of nitrogens with zero attached hydrogens (tertiary/aromatic N) is 1. The number of piperazine rings is 1. The third-order valence-corrected chi connectivity index (χ3v) is 3.30. The van der Waals surface area contributed by atoms with Crippen LogP contribution >= 0.6 is 24.8 Å². The second-order valence-electron chi connectivity index (χ2n) is 4.38. The number of halogens is 4. The van der Waals surface area contributed by atoms with Gasteiger partial charge in [-0.2, -0.15) is 0 Å². The van der Waals surface area contributed by atoms with E-state index in [0.29, 0.717) is 5.56 Å². The molecule has 1 aliphatic heterocycles. The summed E-state index contributed by atoms with van der Waals surface area (Å²) in [5.41, 5.74) is 0.607. The molecule has 0 radical (unpaired) electrons. The van der Waals surface area contributed by atoms with Gasteiger partial charge < -0.3 is 5.32 Å². The van der Waals surface area contributed by atoms with E-state index in [2.05, 4.69) is 10.2 Å². The molecule has 1 aliphatic rings. The van der Waals surface area contributed by atoms with Crippen molar-refractivity contribution in [1.82, 2.24) is 10.2 Å². The molecule has 1 saturated heterocycles. The minimum Gasteiger partial charge on any atom is -0.314 e. The van der Waals surface area contributed by atoms with E-state index in [1.807, 2.05) is 6.92 Å². The van der Waals surface area contributed by atoms with Crippen molar-refractivity contribution in [3.05, 3.63) is 35.4 Å².